The molecule has 90 valence electrons. The van der Waals surface area contributed by atoms with Gasteiger partial charge in [-0.2, -0.15) is 0 Å². The predicted molar refractivity (Wildman–Crippen MR) is 60.6 cm³/mol. The highest BCUT2D eigenvalue weighted by atomic mass is 16.6. The number of hydrogen-bond donors (Lipinski definition) is 1. The summed E-state index contributed by atoms with van der Waals surface area (Å²) in [5.74, 6) is -0.133. The van der Waals surface area contributed by atoms with E-state index in [-0.39, 0.29) is 36.4 Å². The summed E-state index contributed by atoms with van der Waals surface area (Å²) in [7, 11) is 0. The quantitative estimate of drug-likeness (QED) is 0.590. The summed E-state index contributed by atoms with van der Waals surface area (Å²) in [6, 6.07) is 1.26. The molecule has 0 aliphatic carbocycles. The molecule has 1 fully saturated rings. The van der Waals surface area contributed by atoms with Gasteiger partial charge in [-0.15, -0.1) is 0 Å². The Bertz CT molecular complexity index is 488. The van der Waals surface area contributed by atoms with Gasteiger partial charge in [-0.3, -0.25) is 19.8 Å². The summed E-state index contributed by atoms with van der Waals surface area (Å²) >= 11 is 0. The van der Waals surface area contributed by atoms with Crippen molar-refractivity contribution in [3.05, 3.63) is 27.9 Å². The number of pyridine rings is 1. The molecule has 1 aliphatic heterocycles. The van der Waals surface area contributed by atoms with Crippen LogP contribution in [0.4, 0.5) is 11.5 Å². The Morgan fingerprint density at radius 3 is 2.88 bits per heavy atom. The van der Waals surface area contributed by atoms with Crippen LogP contribution in [0, 0.1) is 17.0 Å². The third-order valence-corrected chi connectivity index (χ3v) is 2.70. The first kappa shape index (κ1) is 11.5. The third kappa shape index (κ3) is 1.96. The Balaban J connectivity index is 2.49. The van der Waals surface area contributed by atoms with Gasteiger partial charge in [-0.25, -0.2) is 4.98 Å². The number of carbonyl (C=O) groups is 1. The van der Waals surface area contributed by atoms with Crippen LogP contribution in [0.25, 0.3) is 0 Å². The summed E-state index contributed by atoms with van der Waals surface area (Å²) in [4.78, 5) is 27.3. The Morgan fingerprint density at radius 1 is 1.65 bits per heavy atom. The van der Waals surface area contributed by atoms with Crippen LogP contribution in [-0.4, -0.2) is 28.4 Å². The van der Waals surface area contributed by atoms with E-state index in [1.54, 1.807) is 13.0 Å². The van der Waals surface area contributed by atoms with Crippen LogP contribution in [0.3, 0.4) is 0 Å². The number of aryl methyl sites for hydroxylation is 1. The minimum Gasteiger partial charge on any atom is -0.326 e. The summed E-state index contributed by atoms with van der Waals surface area (Å²) in [6.45, 7) is 1.89. The molecule has 0 aromatic carbocycles. The number of rotatable bonds is 2. The molecule has 1 aliphatic rings. The Kier molecular flexibility index (Phi) is 2.76. The molecule has 1 saturated heterocycles. The van der Waals surface area contributed by atoms with Gasteiger partial charge >= 0.3 is 5.69 Å². The molecule has 1 unspecified atom stereocenters. The molecule has 2 N–H and O–H groups in total. The molecule has 1 aromatic rings. The molecular weight excluding hydrogens is 224 g/mol. The fourth-order valence-corrected chi connectivity index (χ4v) is 1.90. The van der Waals surface area contributed by atoms with E-state index >= 15 is 0 Å². The highest BCUT2D eigenvalue weighted by Gasteiger charge is 2.34. The molecule has 7 heteroatoms. The average molecular weight is 236 g/mol. The molecular formula is C10H12N4O3. The fourth-order valence-electron chi connectivity index (χ4n) is 1.90. The molecule has 17 heavy (non-hydrogen) atoms. The first-order chi connectivity index (χ1) is 8.00. The maximum Gasteiger partial charge on any atom is 0.314 e. The lowest BCUT2D eigenvalue weighted by Crippen LogP contribution is -2.29. The van der Waals surface area contributed by atoms with Crippen LogP contribution in [-0.2, 0) is 4.79 Å². The number of carbonyl (C=O) groups excluding carboxylic acids is 1. The van der Waals surface area contributed by atoms with Crippen LogP contribution in [0.15, 0.2) is 12.3 Å². The zero-order valence-corrected chi connectivity index (χ0v) is 9.29. The number of amides is 1. The standard InChI is InChI=1S/C10H12N4O3/c1-6-2-3-12-10(9(6)14(16)17)13-5-7(11)4-8(13)15/h2-3,7H,4-5,11H2,1H3. The van der Waals surface area contributed by atoms with Crippen LogP contribution in [0.1, 0.15) is 12.0 Å². The van der Waals surface area contributed by atoms with Gasteiger partial charge in [-0.1, -0.05) is 0 Å². The minimum atomic E-state index is -0.519. The molecule has 7 nitrogen and oxygen atoms in total. The van der Waals surface area contributed by atoms with E-state index < -0.39 is 4.92 Å². The number of nitrogens with zero attached hydrogens (tertiary/aromatic N) is 3. The SMILES string of the molecule is Cc1ccnc(N2CC(N)CC2=O)c1[N+](=O)[O-]. The lowest BCUT2D eigenvalue weighted by Gasteiger charge is -2.15. The monoisotopic (exact) mass is 236 g/mol. The number of hydrogen-bond acceptors (Lipinski definition) is 5. The molecule has 2 heterocycles. The Labute approximate surface area is 97.4 Å². The van der Waals surface area contributed by atoms with Crippen molar-refractivity contribution in [3.8, 4) is 0 Å². The summed E-state index contributed by atoms with van der Waals surface area (Å²) in [5, 5.41) is 11.0. The van der Waals surface area contributed by atoms with Crippen molar-refractivity contribution in [1.82, 2.24) is 4.98 Å². The van der Waals surface area contributed by atoms with Gasteiger partial charge in [0, 0.05) is 30.8 Å². The predicted octanol–water partition coefficient (Wildman–Crippen LogP) is 0.362. The number of nitro groups is 1. The van der Waals surface area contributed by atoms with E-state index in [4.69, 9.17) is 5.73 Å². The van der Waals surface area contributed by atoms with E-state index in [9.17, 15) is 14.9 Å². The molecule has 1 aromatic heterocycles. The highest BCUT2D eigenvalue weighted by molar-refractivity contribution is 5.97. The normalized spacial score (nSPS) is 19.8. The summed E-state index contributed by atoms with van der Waals surface area (Å²) in [6.07, 6.45) is 1.65. The topological polar surface area (TPSA) is 102 Å². The van der Waals surface area contributed by atoms with Crippen molar-refractivity contribution in [2.24, 2.45) is 5.73 Å². The van der Waals surface area contributed by atoms with Crippen molar-refractivity contribution >= 4 is 17.4 Å². The highest BCUT2D eigenvalue weighted by Crippen LogP contribution is 2.31. The van der Waals surface area contributed by atoms with E-state index in [1.807, 2.05) is 0 Å². The van der Waals surface area contributed by atoms with Gasteiger partial charge in [0.05, 0.1) is 4.92 Å². The lowest BCUT2D eigenvalue weighted by molar-refractivity contribution is -0.384. The second-order valence-corrected chi connectivity index (χ2v) is 4.03. The Morgan fingerprint density at radius 2 is 2.35 bits per heavy atom. The first-order valence-electron chi connectivity index (χ1n) is 5.16. The molecule has 0 saturated carbocycles. The smallest absolute Gasteiger partial charge is 0.314 e. The van der Waals surface area contributed by atoms with E-state index in [2.05, 4.69) is 4.98 Å². The minimum absolute atomic E-state index is 0.0907. The number of nitrogens with two attached hydrogens (primary N) is 1. The van der Waals surface area contributed by atoms with Gasteiger partial charge in [0.25, 0.3) is 0 Å². The van der Waals surface area contributed by atoms with Crippen LogP contribution >= 0.6 is 0 Å². The number of aromatic nitrogens is 1. The van der Waals surface area contributed by atoms with Crippen molar-refractivity contribution in [2.75, 3.05) is 11.4 Å². The molecule has 1 amide bonds. The Hall–Kier alpha value is -2.02. The number of anilines is 1. The van der Waals surface area contributed by atoms with E-state index in [0.29, 0.717) is 5.56 Å². The van der Waals surface area contributed by atoms with Crippen molar-refractivity contribution in [1.29, 1.82) is 0 Å². The van der Waals surface area contributed by atoms with Crippen LogP contribution in [0.5, 0.6) is 0 Å². The summed E-state index contributed by atoms with van der Waals surface area (Å²) in [5.41, 5.74) is 6.01. The third-order valence-electron chi connectivity index (χ3n) is 2.70. The lowest BCUT2D eigenvalue weighted by atomic mass is 10.2. The van der Waals surface area contributed by atoms with Gasteiger partial charge in [0.15, 0.2) is 0 Å². The average Bonchev–Trinajstić information content (AvgIpc) is 2.56. The van der Waals surface area contributed by atoms with E-state index in [1.165, 1.54) is 11.1 Å². The van der Waals surface area contributed by atoms with Crippen molar-refractivity contribution < 1.29 is 9.72 Å². The molecule has 0 bridgehead atoms. The maximum atomic E-state index is 11.7. The van der Waals surface area contributed by atoms with Gasteiger partial charge in [0.1, 0.15) is 0 Å². The van der Waals surface area contributed by atoms with Gasteiger partial charge in [-0.05, 0) is 13.0 Å². The van der Waals surface area contributed by atoms with Crippen molar-refractivity contribution in [3.63, 3.8) is 0 Å². The maximum absolute atomic E-state index is 11.7. The zero-order chi connectivity index (χ0) is 12.6. The van der Waals surface area contributed by atoms with E-state index in [0.717, 1.165) is 0 Å². The largest absolute Gasteiger partial charge is 0.326 e. The zero-order valence-electron chi connectivity index (χ0n) is 9.29. The van der Waals surface area contributed by atoms with Crippen LogP contribution in [0.2, 0.25) is 0 Å². The molecule has 1 atom stereocenters. The van der Waals surface area contributed by atoms with Gasteiger partial charge < -0.3 is 5.73 Å². The molecule has 0 spiro atoms. The molecule has 2 rings (SSSR count). The first-order valence-corrected chi connectivity index (χ1v) is 5.16. The second-order valence-electron chi connectivity index (χ2n) is 4.03. The second kappa shape index (κ2) is 4.10. The summed E-state index contributed by atoms with van der Waals surface area (Å²) < 4.78 is 0. The molecule has 0 radical (unpaired) electrons. The van der Waals surface area contributed by atoms with Crippen LogP contribution < -0.4 is 10.6 Å². The van der Waals surface area contributed by atoms with Crippen molar-refractivity contribution in [2.45, 2.75) is 19.4 Å². The van der Waals surface area contributed by atoms with Gasteiger partial charge in [0.2, 0.25) is 11.7 Å². The fraction of sp³-hybridized carbons (Fsp3) is 0.400.